The molecule has 0 saturated carbocycles. The number of hydrogen-bond donors (Lipinski definition) is 1. The smallest absolute Gasteiger partial charge is 0.0453 e. The molecule has 0 aliphatic heterocycles. The normalized spacial score (nSPS) is 12.6. The van der Waals surface area contributed by atoms with E-state index in [0.717, 1.165) is 35.0 Å². The SMILES string of the molecule is CCNC(Cc1cccs1)Cc1c(Cl)cccc1Cl. The van der Waals surface area contributed by atoms with Gasteiger partial charge in [-0.2, -0.15) is 0 Å². The average molecular weight is 314 g/mol. The molecule has 0 fully saturated rings. The van der Waals surface area contributed by atoms with Gasteiger partial charge in [-0.1, -0.05) is 42.3 Å². The lowest BCUT2D eigenvalue weighted by Crippen LogP contribution is -2.33. The van der Waals surface area contributed by atoms with Crippen molar-refractivity contribution >= 4 is 34.5 Å². The number of thiophene rings is 1. The van der Waals surface area contributed by atoms with E-state index in [9.17, 15) is 0 Å². The quantitative estimate of drug-likeness (QED) is 0.806. The largest absolute Gasteiger partial charge is 0.314 e. The van der Waals surface area contributed by atoms with E-state index in [1.54, 1.807) is 11.3 Å². The highest BCUT2D eigenvalue weighted by atomic mass is 35.5. The topological polar surface area (TPSA) is 12.0 Å². The summed E-state index contributed by atoms with van der Waals surface area (Å²) in [5.41, 5.74) is 1.04. The highest BCUT2D eigenvalue weighted by molar-refractivity contribution is 7.09. The van der Waals surface area contributed by atoms with Crippen molar-refractivity contribution in [2.24, 2.45) is 0 Å². The van der Waals surface area contributed by atoms with E-state index in [1.807, 2.05) is 18.2 Å². The minimum Gasteiger partial charge on any atom is -0.314 e. The molecular weight excluding hydrogens is 297 g/mol. The van der Waals surface area contributed by atoms with Gasteiger partial charge in [-0.05, 0) is 48.5 Å². The summed E-state index contributed by atoms with van der Waals surface area (Å²) in [6.07, 6.45) is 1.86. The van der Waals surface area contributed by atoms with Crippen molar-refractivity contribution in [3.63, 3.8) is 0 Å². The maximum atomic E-state index is 6.25. The second-order valence-electron chi connectivity index (χ2n) is 4.44. The highest BCUT2D eigenvalue weighted by Crippen LogP contribution is 2.26. The number of nitrogens with one attached hydrogen (secondary N) is 1. The van der Waals surface area contributed by atoms with Gasteiger partial charge >= 0.3 is 0 Å². The Bertz CT molecular complexity index is 491. The van der Waals surface area contributed by atoms with Gasteiger partial charge in [0.25, 0.3) is 0 Å². The number of rotatable bonds is 6. The summed E-state index contributed by atoms with van der Waals surface area (Å²) in [6, 6.07) is 10.3. The van der Waals surface area contributed by atoms with Crippen LogP contribution in [-0.2, 0) is 12.8 Å². The van der Waals surface area contributed by atoms with Gasteiger partial charge in [0.15, 0.2) is 0 Å². The first-order valence-electron chi connectivity index (χ1n) is 6.39. The molecule has 0 aliphatic carbocycles. The first-order valence-corrected chi connectivity index (χ1v) is 8.03. The van der Waals surface area contributed by atoms with Crippen molar-refractivity contribution in [1.82, 2.24) is 5.32 Å². The van der Waals surface area contributed by atoms with E-state index >= 15 is 0 Å². The van der Waals surface area contributed by atoms with Crippen molar-refractivity contribution in [2.45, 2.75) is 25.8 Å². The van der Waals surface area contributed by atoms with Crippen molar-refractivity contribution < 1.29 is 0 Å². The standard InChI is InChI=1S/C15H17Cl2NS/c1-2-18-11(9-12-5-4-8-19-12)10-13-14(16)6-3-7-15(13)17/h3-8,11,18H,2,9-10H2,1H3. The van der Waals surface area contributed by atoms with E-state index in [1.165, 1.54) is 4.88 Å². The molecule has 1 unspecified atom stereocenters. The van der Waals surface area contributed by atoms with Crippen molar-refractivity contribution in [3.8, 4) is 0 Å². The van der Waals surface area contributed by atoms with Crippen LogP contribution < -0.4 is 5.32 Å². The van der Waals surface area contributed by atoms with Crippen molar-refractivity contribution in [1.29, 1.82) is 0 Å². The summed E-state index contributed by atoms with van der Waals surface area (Å²) in [5.74, 6) is 0. The molecule has 0 amide bonds. The molecule has 1 heterocycles. The van der Waals surface area contributed by atoms with Crippen LogP contribution in [0, 0.1) is 0 Å². The van der Waals surface area contributed by atoms with E-state index < -0.39 is 0 Å². The highest BCUT2D eigenvalue weighted by Gasteiger charge is 2.14. The van der Waals surface area contributed by atoms with Crippen LogP contribution in [0.3, 0.4) is 0 Å². The number of hydrogen-bond acceptors (Lipinski definition) is 2. The third-order valence-corrected chi connectivity index (χ3v) is 4.64. The first-order chi connectivity index (χ1) is 9.20. The Morgan fingerprint density at radius 1 is 1.11 bits per heavy atom. The van der Waals surface area contributed by atoms with Crippen LogP contribution in [0.15, 0.2) is 35.7 Å². The molecule has 0 bridgehead atoms. The molecule has 0 spiro atoms. The fourth-order valence-corrected chi connectivity index (χ4v) is 3.49. The molecule has 102 valence electrons. The monoisotopic (exact) mass is 313 g/mol. The number of halogens is 2. The Balaban J connectivity index is 2.12. The maximum Gasteiger partial charge on any atom is 0.0453 e. The van der Waals surface area contributed by atoms with Crippen LogP contribution >= 0.6 is 34.5 Å². The van der Waals surface area contributed by atoms with Gasteiger partial charge in [-0.3, -0.25) is 0 Å². The zero-order valence-electron chi connectivity index (χ0n) is 10.8. The van der Waals surface area contributed by atoms with Crippen molar-refractivity contribution in [2.75, 3.05) is 6.54 Å². The van der Waals surface area contributed by atoms with E-state index in [4.69, 9.17) is 23.2 Å². The summed E-state index contributed by atoms with van der Waals surface area (Å²) >= 11 is 14.3. The number of likely N-dealkylation sites (N-methyl/N-ethyl adjacent to an activating group) is 1. The molecule has 1 aromatic heterocycles. The Morgan fingerprint density at radius 2 is 1.84 bits per heavy atom. The van der Waals surface area contributed by atoms with Crippen LogP contribution in [0.2, 0.25) is 10.0 Å². The van der Waals surface area contributed by atoms with Gasteiger partial charge in [-0.25, -0.2) is 0 Å². The molecule has 0 radical (unpaired) electrons. The second kappa shape index (κ2) is 7.30. The third kappa shape index (κ3) is 4.22. The summed E-state index contributed by atoms with van der Waals surface area (Å²) < 4.78 is 0. The van der Waals surface area contributed by atoms with Crippen molar-refractivity contribution in [3.05, 3.63) is 56.2 Å². The van der Waals surface area contributed by atoms with Gasteiger partial charge in [0.05, 0.1) is 0 Å². The zero-order chi connectivity index (χ0) is 13.7. The molecule has 0 aliphatic rings. The van der Waals surface area contributed by atoms with E-state index in [0.29, 0.717) is 6.04 Å². The fraction of sp³-hybridized carbons (Fsp3) is 0.333. The molecule has 4 heteroatoms. The lowest BCUT2D eigenvalue weighted by atomic mass is 10.0. The van der Waals surface area contributed by atoms with Crippen LogP contribution in [-0.4, -0.2) is 12.6 Å². The molecule has 0 saturated heterocycles. The molecule has 1 atom stereocenters. The third-order valence-electron chi connectivity index (χ3n) is 3.03. The van der Waals surface area contributed by atoms with E-state index in [-0.39, 0.29) is 0 Å². The average Bonchev–Trinajstić information content (AvgIpc) is 2.87. The molecule has 1 nitrogen and oxygen atoms in total. The first kappa shape index (κ1) is 14.9. The van der Waals surface area contributed by atoms with Gasteiger partial charge in [0.2, 0.25) is 0 Å². The fourth-order valence-electron chi connectivity index (χ4n) is 2.15. The lowest BCUT2D eigenvalue weighted by Gasteiger charge is -2.18. The van der Waals surface area contributed by atoms with Crippen LogP contribution in [0.5, 0.6) is 0 Å². The summed E-state index contributed by atoms with van der Waals surface area (Å²) in [4.78, 5) is 1.38. The lowest BCUT2D eigenvalue weighted by molar-refractivity contribution is 0.524. The predicted molar refractivity (Wildman–Crippen MR) is 85.7 cm³/mol. The Hall–Kier alpha value is -0.540. The van der Waals surface area contributed by atoms with Crippen LogP contribution in [0.4, 0.5) is 0 Å². The molecule has 2 rings (SSSR count). The summed E-state index contributed by atoms with van der Waals surface area (Å²) in [6.45, 7) is 3.06. The van der Waals surface area contributed by atoms with Gasteiger partial charge in [-0.15, -0.1) is 11.3 Å². The number of benzene rings is 1. The molecule has 19 heavy (non-hydrogen) atoms. The maximum absolute atomic E-state index is 6.25. The predicted octanol–water partition coefficient (Wildman–Crippen LogP) is 4.82. The minimum atomic E-state index is 0.362. The van der Waals surface area contributed by atoms with Gasteiger partial charge in [0, 0.05) is 21.0 Å². The molecule has 1 N–H and O–H groups in total. The van der Waals surface area contributed by atoms with Crippen LogP contribution in [0.25, 0.3) is 0 Å². The molecule has 1 aromatic carbocycles. The van der Waals surface area contributed by atoms with Gasteiger partial charge < -0.3 is 5.32 Å². The summed E-state index contributed by atoms with van der Waals surface area (Å²) in [5, 5.41) is 7.13. The summed E-state index contributed by atoms with van der Waals surface area (Å²) in [7, 11) is 0. The minimum absolute atomic E-state index is 0.362. The Kier molecular flexibility index (Phi) is 5.71. The Labute approximate surface area is 128 Å². The molecular formula is C15H17Cl2NS. The Morgan fingerprint density at radius 3 is 2.42 bits per heavy atom. The molecule has 2 aromatic rings. The van der Waals surface area contributed by atoms with Crippen LogP contribution in [0.1, 0.15) is 17.4 Å². The second-order valence-corrected chi connectivity index (χ2v) is 6.29. The zero-order valence-corrected chi connectivity index (χ0v) is 13.2. The van der Waals surface area contributed by atoms with E-state index in [2.05, 4.69) is 29.8 Å². The van der Waals surface area contributed by atoms with Gasteiger partial charge in [0.1, 0.15) is 0 Å².